The largest absolute Gasteiger partial charge is 0.508 e. The fraction of sp³-hybridized carbons (Fsp3) is 0.469. The molecule has 2 N–H and O–H groups in total. The van der Waals surface area contributed by atoms with Gasteiger partial charge in [0.25, 0.3) is 0 Å². The second kappa shape index (κ2) is 9.73. The summed E-state index contributed by atoms with van der Waals surface area (Å²) in [5.41, 5.74) is -0.0404. The smallest absolute Gasteiger partial charge is 0.319 e. The molecule has 44 heavy (non-hydrogen) atoms. The Labute approximate surface area is 257 Å². The standard InChI is InChI=1S/C32H31ClF2N6O3/c33-25-20(34)5-3-16-11-18(42)12-19(23(16)25)27-26(35)28-24-29(39-31(38-28)44-15-32-7-1-9-40(32)10-2-8-32)41-13-17-4-6-21(36-17)22(41)14-43-30(24)37-27/h3,5,11-12,17,21-22,36,42H,1-2,4,6-10,13-15H2. The van der Waals surface area contributed by atoms with E-state index in [1.165, 1.54) is 24.3 Å². The number of phenolic OH excluding ortho intramolecular Hbond substituents is 1. The number of benzene rings is 2. The van der Waals surface area contributed by atoms with E-state index in [2.05, 4.69) is 25.1 Å². The molecule has 0 radical (unpaired) electrons. The maximum atomic E-state index is 16.9. The van der Waals surface area contributed by atoms with Crippen LogP contribution >= 0.6 is 11.6 Å². The zero-order valence-corrected chi connectivity index (χ0v) is 24.7. The van der Waals surface area contributed by atoms with Gasteiger partial charge < -0.3 is 24.8 Å². The van der Waals surface area contributed by atoms with Gasteiger partial charge in [0.05, 0.1) is 16.6 Å². The highest BCUT2D eigenvalue weighted by Gasteiger charge is 2.46. The van der Waals surface area contributed by atoms with E-state index in [9.17, 15) is 9.50 Å². The van der Waals surface area contributed by atoms with Crippen molar-refractivity contribution in [3.8, 4) is 28.9 Å². The van der Waals surface area contributed by atoms with Gasteiger partial charge in [0.15, 0.2) is 5.82 Å². The number of nitrogens with one attached hydrogen (secondary N) is 1. The summed E-state index contributed by atoms with van der Waals surface area (Å²) in [6.45, 7) is 3.57. The fourth-order valence-corrected chi connectivity index (χ4v) is 8.66. The molecule has 9 nitrogen and oxygen atoms in total. The van der Waals surface area contributed by atoms with Crippen LogP contribution in [0.3, 0.4) is 0 Å². The highest BCUT2D eigenvalue weighted by molar-refractivity contribution is 6.37. The molecule has 7 heterocycles. The summed E-state index contributed by atoms with van der Waals surface area (Å²) in [6, 6.07) is 6.07. The van der Waals surface area contributed by atoms with E-state index in [4.69, 9.17) is 26.1 Å². The molecular weight excluding hydrogens is 590 g/mol. The molecule has 2 aromatic carbocycles. The third-order valence-corrected chi connectivity index (χ3v) is 10.8. The number of pyridine rings is 1. The highest BCUT2D eigenvalue weighted by atomic mass is 35.5. The number of hydrogen-bond donors (Lipinski definition) is 2. The first-order valence-corrected chi connectivity index (χ1v) is 15.8. The number of halogens is 3. The molecule has 2 aromatic heterocycles. The lowest BCUT2D eigenvalue weighted by Crippen LogP contribution is -2.60. The Balaban J connectivity index is 1.25. The molecule has 0 spiro atoms. The number of aromatic nitrogens is 3. The summed E-state index contributed by atoms with van der Waals surface area (Å²) in [7, 11) is 0. The Morgan fingerprint density at radius 1 is 1.09 bits per heavy atom. The lowest BCUT2D eigenvalue weighted by Gasteiger charge is -2.40. The first kappa shape index (κ1) is 26.8. The predicted octanol–water partition coefficient (Wildman–Crippen LogP) is 5.19. The summed E-state index contributed by atoms with van der Waals surface area (Å²) in [4.78, 5) is 18.9. The van der Waals surface area contributed by atoms with Gasteiger partial charge >= 0.3 is 6.01 Å². The third-order valence-electron chi connectivity index (χ3n) is 10.5. The second-order valence-electron chi connectivity index (χ2n) is 12.9. The first-order chi connectivity index (χ1) is 21.4. The van der Waals surface area contributed by atoms with E-state index >= 15 is 4.39 Å². The van der Waals surface area contributed by atoms with E-state index < -0.39 is 11.6 Å². The van der Waals surface area contributed by atoms with E-state index in [1.807, 2.05) is 0 Å². The van der Waals surface area contributed by atoms with Gasteiger partial charge in [-0.3, -0.25) is 4.90 Å². The molecule has 3 atom stereocenters. The number of anilines is 1. The van der Waals surface area contributed by atoms with Crippen LogP contribution in [0.2, 0.25) is 5.02 Å². The summed E-state index contributed by atoms with van der Waals surface area (Å²) in [6.07, 6.45) is 6.42. The average Bonchev–Trinajstić information content (AvgIpc) is 3.69. The molecule has 12 heteroatoms. The van der Waals surface area contributed by atoms with Crippen molar-refractivity contribution in [1.29, 1.82) is 0 Å². The number of aromatic hydroxyl groups is 1. The topological polar surface area (TPSA) is 95.9 Å². The van der Waals surface area contributed by atoms with Crippen molar-refractivity contribution in [3.63, 3.8) is 0 Å². The maximum absolute atomic E-state index is 16.9. The van der Waals surface area contributed by atoms with Gasteiger partial charge in [0, 0.05) is 29.6 Å². The van der Waals surface area contributed by atoms with Crippen molar-refractivity contribution in [2.24, 2.45) is 0 Å². The predicted molar refractivity (Wildman–Crippen MR) is 162 cm³/mol. The molecule has 2 bridgehead atoms. The van der Waals surface area contributed by atoms with Crippen LogP contribution in [0.4, 0.5) is 14.6 Å². The molecule has 228 valence electrons. The molecular formula is C32H31ClF2N6O3. The molecule has 4 aromatic rings. The van der Waals surface area contributed by atoms with Crippen molar-refractivity contribution < 1.29 is 23.4 Å². The third kappa shape index (κ3) is 3.91. The van der Waals surface area contributed by atoms with Crippen molar-refractivity contribution in [3.05, 3.63) is 40.9 Å². The zero-order chi connectivity index (χ0) is 29.7. The number of phenols is 1. The Hall–Kier alpha value is -3.54. The van der Waals surface area contributed by atoms with Crippen LogP contribution in [0.5, 0.6) is 17.6 Å². The van der Waals surface area contributed by atoms with Gasteiger partial charge in [-0.05, 0) is 75.2 Å². The number of fused-ring (bicyclic) bond motifs is 7. The van der Waals surface area contributed by atoms with Gasteiger partial charge in [0.2, 0.25) is 5.88 Å². The SMILES string of the molecule is Oc1cc(-c2nc3c4c(nc(OCC56CCCN5CCC6)nc4c2F)N2CC4CCC(N4)C2CO3)c2c(Cl)c(F)ccc2c1. The number of nitrogens with zero attached hydrogens (tertiary/aromatic N) is 5. The minimum Gasteiger partial charge on any atom is -0.508 e. The Kier molecular flexibility index (Phi) is 5.93. The van der Waals surface area contributed by atoms with Crippen molar-refractivity contribution in [2.45, 2.75) is 62.2 Å². The monoisotopic (exact) mass is 620 g/mol. The van der Waals surface area contributed by atoms with Crippen molar-refractivity contribution >= 4 is 39.1 Å². The minimum atomic E-state index is -0.744. The molecule has 0 amide bonds. The lowest BCUT2D eigenvalue weighted by atomic mass is 9.95. The molecule has 0 saturated carbocycles. The van der Waals surface area contributed by atoms with Crippen LogP contribution in [0, 0.1) is 11.6 Å². The number of hydrogen-bond acceptors (Lipinski definition) is 9. The van der Waals surface area contributed by atoms with Gasteiger partial charge in [-0.2, -0.15) is 9.97 Å². The highest BCUT2D eigenvalue weighted by Crippen LogP contribution is 2.46. The van der Waals surface area contributed by atoms with E-state index in [1.54, 1.807) is 0 Å². The van der Waals surface area contributed by atoms with E-state index in [0.717, 1.165) is 51.6 Å². The summed E-state index contributed by atoms with van der Waals surface area (Å²) >= 11 is 6.43. The number of piperazine rings is 1. The van der Waals surface area contributed by atoms with Crippen molar-refractivity contribution in [1.82, 2.24) is 25.2 Å². The molecule has 9 rings (SSSR count). The lowest BCUT2D eigenvalue weighted by molar-refractivity contribution is 0.108. The minimum absolute atomic E-state index is 0.00717. The average molecular weight is 621 g/mol. The zero-order valence-electron chi connectivity index (χ0n) is 24.0. The van der Waals surface area contributed by atoms with Gasteiger partial charge in [0.1, 0.15) is 47.2 Å². The van der Waals surface area contributed by atoms with E-state index in [-0.39, 0.29) is 62.4 Å². The Morgan fingerprint density at radius 3 is 2.77 bits per heavy atom. The Bertz CT molecular complexity index is 1850. The molecule has 4 fully saturated rings. The number of ether oxygens (including phenoxy) is 2. The van der Waals surface area contributed by atoms with E-state index in [0.29, 0.717) is 42.4 Å². The quantitative estimate of drug-likeness (QED) is 0.320. The van der Waals surface area contributed by atoms with Crippen LogP contribution in [0.1, 0.15) is 38.5 Å². The van der Waals surface area contributed by atoms with Crippen LogP contribution < -0.4 is 19.7 Å². The normalized spacial score (nSPS) is 25.2. The second-order valence-corrected chi connectivity index (χ2v) is 13.2. The van der Waals surface area contributed by atoms with Gasteiger partial charge in [-0.1, -0.05) is 17.7 Å². The van der Waals surface area contributed by atoms with Crippen LogP contribution in [0.25, 0.3) is 32.9 Å². The molecule has 4 saturated heterocycles. The van der Waals surface area contributed by atoms with Crippen LogP contribution in [0.15, 0.2) is 24.3 Å². The first-order valence-electron chi connectivity index (χ1n) is 15.4. The van der Waals surface area contributed by atoms with Crippen molar-refractivity contribution in [2.75, 3.05) is 37.7 Å². The van der Waals surface area contributed by atoms with Crippen LogP contribution in [-0.2, 0) is 0 Å². The van der Waals surface area contributed by atoms with Gasteiger partial charge in [-0.25, -0.2) is 13.8 Å². The molecule has 5 aliphatic rings. The number of rotatable bonds is 4. The molecule has 3 unspecified atom stereocenters. The summed E-state index contributed by atoms with van der Waals surface area (Å²) in [5, 5.41) is 15.1. The van der Waals surface area contributed by atoms with Crippen LogP contribution in [-0.4, -0.2) is 81.5 Å². The fourth-order valence-electron chi connectivity index (χ4n) is 8.39. The molecule has 5 aliphatic heterocycles. The molecule has 0 aliphatic carbocycles. The maximum Gasteiger partial charge on any atom is 0.319 e. The van der Waals surface area contributed by atoms with Gasteiger partial charge in [-0.15, -0.1) is 0 Å². The summed E-state index contributed by atoms with van der Waals surface area (Å²) in [5.74, 6) is -0.800. The Morgan fingerprint density at radius 2 is 1.93 bits per heavy atom. The summed E-state index contributed by atoms with van der Waals surface area (Å²) < 4.78 is 44.3.